The molecule has 0 spiro atoms. The first-order valence-electron chi connectivity index (χ1n) is 7.79. The van der Waals surface area contributed by atoms with Crippen molar-refractivity contribution >= 4 is 39.3 Å². The first-order chi connectivity index (χ1) is 13.0. The lowest BCUT2D eigenvalue weighted by atomic mass is 10.2. The highest BCUT2D eigenvalue weighted by molar-refractivity contribution is 9.10. The number of nitrogens with zero attached hydrogens (tertiary/aromatic N) is 2. The van der Waals surface area contributed by atoms with Crippen molar-refractivity contribution in [3.05, 3.63) is 63.1 Å². The van der Waals surface area contributed by atoms with E-state index < -0.39 is 10.8 Å². The number of rotatable bonds is 5. The summed E-state index contributed by atoms with van der Waals surface area (Å²) >= 11 is 4.42. The molecule has 1 aromatic carbocycles. The van der Waals surface area contributed by atoms with E-state index in [0.717, 1.165) is 16.2 Å². The van der Waals surface area contributed by atoms with E-state index >= 15 is 0 Å². The Hall–Kier alpha value is -2.83. The third-order valence-corrected chi connectivity index (χ3v) is 5.05. The molecule has 3 rings (SSSR count). The smallest absolute Gasteiger partial charge is 0.270 e. The Kier molecular flexibility index (Phi) is 5.78. The normalized spacial score (nSPS) is 11.6. The lowest BCUT2D eigenvalue weighted by Gasteiger charge is -2.12. The van der Waals surface area contributed by atoms with Gasteiger partial charge in [-0.15, -0.1) is 0 Å². The zero-order valence-corrected chi connectivity index (χ0v) is 16.4. The molecule has 0 saturated carbocycles. The molecule has 136 valence electrons. The van der Waals surface area contributed by atoms with Gasteiger partial charge in [0, 0.05) is 10.2 Å². The number of nitrogens with one attached hydrogen (secondary N) is 2. The second kappa shape index (κ2) is 8.24. The summed E-state index contributed by atoms with van der Waals surface area (Å²) in [4.78, 5) is 31.4. The summed E-state index contributed by atoms with van der Waals surface area (Å²) in [5.41, 5.74) is 0.0886. The van der Waals surface area contributed by atoms with Crippen LogP contribution in [0.15, 0.2) is 61.5 Å². The average Bonchev–Trinajstić information content (AvgIpc) is 3.17. The molecular weight excluding hydrogens is 432 g/mol. The maximum absolute atomic E-state index is 12.4. The summed E-state index contributed by atoms with van der Waals surface area (Å²) in [6.45, 7) is 1.70. The number of nitriles is 1. The number of carbonyl (C=O) groups excluding carboxylic acids is 1. The Morgan fingerprint density at radius 1 is 1.37 bits per heavy atom. The van der Waals surface area contributed by atoms with E-state index in [0.29, 0.717) is 11.4 Å². The van der Waals surface area contributed by atoms with Crippen LogP contribution in [0.2, 0.25) is 0 Å². The Labute approximate surface area is 166 Å². The largest absolute Gasteiger partial charge is 0.463 e. The van der Waals surface area contributed by atoms with E-state index in [2.05, 4.69) is 31.2 Å². The van der Waals surface area contributed by atoms with Gasteiger partial charge in [0.2, 0.25) is 5.91 Å². The molecule has 0 fully saturated rings. The molecule has 3 aromatic rings. The van der Waals surface area contributed by atoms with Crippen LogP contribution >= 0.6 is 27.7 Å². The second-order valence-electron chi connectivity index (χ2n) is 5.44. The molecule has 0 aliphatic carbocycles. The number of halogens is 1. The molecule has 9 heteroatoms. The molecule has 0 aliphatic rings. The van der Waals surface area contributed by atoms with Crippen molar-refractivity contribution in [3.8, 4) is 17.5 Å². The van der Waals surface area contributed by atoms with Gasteiger partial charge in [0.1, 0.15) is 17.3 Å². The summed E-state index contributed by atoms with van der Waals surface area (Å²) < 4.78 is 6.16. The lowest BCUT2D eigenvalue weighted by Crippen LogP contribution is -2.23. The minimum Gasteiger partial charge on any atom is -0.463 e. The minimum absolute atomic E-state index is 0.138. The van der Waals surface area contributed by atoms with Crippen molar-refractivity contribution in [1.29, 1.82) is 5.26 Å². The van der Waals surface area contributed by atoms with E-state index in [9.17, 15) is 14.9 Å². The summed E-state index contributed by atoms with van der Waals surface area (Å²) in [6, 6.07) is 12.3. The highest BCUT2D eigenvalue weighted by Crippen LogP contribution is 2.25. The molecule has 2 heterocycles. The van der Waals surface area contributed by atoms with Gasteiger partial charge in [0.15, 0.2) is 10.9 Å². The zero-order chi connectivity index (χ0) is 19.4. The number of aromatic amines is 1. The molecule has 1 atom stereocenters. The number of anilines is 1. The standard InChI is InChI=1S/C18H13BrN4O3S/c1-10(16(24)21-12-6-4-11(19)5-7-12)27-18-22-15(14-3-2-8-26-14)13(9-20)17(25)23-18/h2-8,10H,1H3,(H,21,24)(H,22,23,25)/t10-/m1/s1. The molecule has 0 unspecified atom stereocenters. The molecule has 27 heavy (non-hydrogen) atoms. The van der Waals surface area contributed by atoms with Crippen molar-refractivity contribution in [2.75, 3.05) is 5.32 Å². The maximum atomic E-state index is 12.4. The molecule has 0 saturated heterocycles. The molecule has 2 aromatic heterocycles. The van der Waals surface area contributed by atoms with Gasteiger partial charge in [-0.1, -0.05) is 27.7 Å². The number of H-pyrrole nitrogens is 1. The third-order valence-electron chi connectivity index (χ3n) is 3.53. The molecule has 0 aliphatic heterocycles. The fourth-order valence-electron chi connectivity index (χ4n) is 2.20. The fraction of sp³-hybridized carbons (Fsp3) is 0.111. The van der Waals surface area contributed by atoms with Crippen LogP contribution in [0.5, 0.6) is 0 Å². The van der Waals surface area contributed by atoms with E-state index in [4.69, 9.17) is 4.42 Å². The van der Waals surface area contributed by atoms with Crippen molar-refractivity contribution in [2.45, 2.75) is 17.3 Å². The highest BCUT2D eigenvalue weighted by Gasteiger charge is 2.20. The van der Waals surface area contributed by atoms with Crippen LogP contribution in [-0.4, -0.2) is 21.1 Å². The van der Waals surface area contributed by atoms with E-state index in [-0.39, 0.29) is 22.3 Å². The number of hydrogen-bond donors (Lipinski definition) is 2. The number of hydrogen-bond acceptors (Lipinski definition) is 6. The van der Waals surface area contributed by atoms with Gasteiger partial charge in [0.25, 0.3) is 5.56 Å². The van der Waals surface area contributed by atoms with E-state index in [1.165, 1.54) is 6.26 Å². The number of carbonyl (C=O) groups is 1. The molecule has 7 nitrogen and oxygen atoms in total. The highest BCUT2D eigenvalue weighted by atomic mass is 79.9. The van der Waals surface area contributed by atoms with Crippen molar-refractivity contribution in [2.24, 2.45) is 0 Å². The SMILES string of the molecule is C[C@@H](Sc1nc(-c2ccco2)c(C#N)c(=O)[nH]1)C(=O)Nc1ccc(Br)cc1. The lowest BCUT2D eigenvalue weighted by molar-refractivity contribution is -0.115. The van der Waals surface area contributed by atoms with Gasteiger partial charge < -0.3 is 14.7 Å². The first-order valence-corrected chi connectivity index (χ1v) is 9.46. The van der Waals surface area contributed by atoms with Gasteiger partial charge in [-0.25, -0.2) is 4.98 Å². The number of aromatic nitrogens is 2. The van der Waals surface area contributed by atoms with Crippen molar-refractivity contribution in [1.82, 2.24) is 9.97 Å². The molecule has 0 bridgehead atoms. The minimum atomic E-state index is -0.582. The van der Waals surface area contributed by atoms with Crippen LogP contribution in [0.1, 0.15) is 12.5 Å². The van der Waals surface area contributed by atoms with Crippen LogP contribution in [0, 0.1) is 11.3 Å². The van der Waals surface area contributed by atoms with Crippen LogP contribution in [0.4, 0.5) is 5.69 Å². The zero-order valence-electron chi connectivity index (χ0n) is 14.0. The Bertz CT molecular complexity index is 1060. The van der Waals surface area contributed by atoms with E-state index in [1.54, 1.807) is 31.2 Å². The fourth-order valence-corrected chi connectivity index (χ4v) is 3.26. The predicted molar refractivity (Wildman–Crippen MR) is 105 cm³/mol. The summed E-state index contributed by atoms with van der Waals surface area (Å²) in [5, 5.41) is 11.7. The van der Waals surface area contributed by atoms with Crippen molar-refractivity contribution in [3.63, 3.8) is 0 Å². The Balaban J connectivity index is 1.80. The summed E-state index contributed by atoms with van der Waals surface area (Å²) in [6.07, 6.45) is 1.43. The summed E-state index contributed by atoms with van der Waals surface area (Å²) in [7, 11) is 0. The van der Waals surface area contributed by atoms with Crippen LogP contribution < -0.4 is 10.9 Å². The van der Waals surface area contributed by atoms with Crippen LogP contribution in [0.3, 0.4) is 0 Å². The number of furan rings is 1. The van der Waals surface area contributed by atoms with Crippen LogP contribution in [-0.2, 0) is 4.79 Å². The van der Waals surface area contributed by atoms with Gasteiger partial charge in [-0.3, -0.25) is 9.59 Å². The number of thioether (sulfide) groups is 1. The quantitative estimate of drug-likeness (QED) is 0.457. The molecule has 1 amide bonds. The second-order valence-corrected chi connectivity index (χ2v) is 7.69. The molecule has 2 N–H and O–H groups in total. The predicted octanol–water partition coefficient (Wildman–Crippen LogP) is 3.78. The van der Waals surface area contributed by atoms with Crippen LogP contribution in [0.25, 0.3) is 11.5 Å². The number of benzene rings is 1. The Morgan fingerprint density at radius 2 is 2.11 bits per heavy atom. The average molecular weight is 445 g/mol. The molecular formula is C18H13BrN4O3S. The van der Waals surface area contributed by atoms with Gasteiger partial charge >= 0.3 is 0 Å². The first kappa shape index (κ1) is 18.9. The van der Waals surface area contributed by atoms with Crippen molar-refractivity contribution < 1.29 is 9.21 Å². The van der Waals surface area contributed by atoms with Gasteiger partial charge in [-0.2, -0.15) is 5.26 Å². The van der Waals surface area contributed by atoms with Gasteiger partial charge in [-0.05, 0) is 43.3 Å². The van der Waals surface area contributed by atoms with Gasteiger partial charge in [0.05, 0.1) is 11.5 Å². The van der Waals surface area contributed by atoms with E-state index in [1.807, 2.05) is 18.2 Å². The number of amides is 1. The summed E-state index contributed by atoms with van der Waals surface area (Å²) in [5.74, 6) is 0.0698. The maximum Gasteiger partial charge on any atom is 0.270 e. The molecule has 0 radical (unpaired) electrons. The topological polar surface area (TPSA) is 112 Å². The monoisotopic (exact) mass is 444 g/mol. The Morgan fingerprint density at radius 3 is 2.74 bits per heavy atom. The third kappa shape index (κ3) is 4.48.